The van der Waals surface area contributed by atoms with Crippen LogP contribution in [0.2, 0.25) is 0 Å². The maximum Gasteiger partial charge on any atom is 0.306 e. The largest absolute Gasteiger partial charge is 0.481 e. The third-order valence-corrected chi connectivity index (χ3v) is 10.0. The fourth-order valence-corrected chi connectivity index (χ4v) is 6.86. The van der Waals surface area contributed by atoms with Crippen LogP contribution in [0.1, 0.15) is 180 Å². The molecule has 0 bridgehead atoms. The van der Waals surface area contributed by atoms with Crippen LogP contribution < -0.4 is 5.32 Å². The van der Waals surface area contributed by atoms with Gasteiger partial charge in [-0.3, -0.25) is 24.0 Å². The lowest BCUT2D eigenvalue weighted by molar-refractivity contribution is -0.145. The SMILES string of the molecule is CCOCCNC(=O)CC[C@H](CC(=O)C1CCC(CCC(=O)CCCCCCCCCCCCCCCCCCC(=O)O)CC1)C(=O)O. The minimum absolute atomic E-state index is 0.000314. The van der Waals surface area contributed by atoms with Gasteiger partial charge in [-0.1, -0.05) is 89.9 Å². The molecule has 0 saturated heterocycles. The molecule has 0 aromatic heterocycles. The lowest BCUT2D eigenvalue weighted by Gasteiger charge is -2.28. The molecule has 1 aliphatic rings. The minimum Gasteiger partial charge on any atom is -0.481 e. The highest BCUT2D eigenvalue weighted by molar-refractivity contribution is 5.86. The summed E-state index contributed by atoms with van der Waals surface area (Å²) in [6.45, 7) is 3.27. The zero-order chi connectivity index (χ0) is 35.2. The summed E-state index contributed by atoms with van der Waals surface area (Å²) in [4.78, 5) is 59.6. The molecule has 0 aromatic carbocycles. The standard InChI is InChI=1S/C39H69NO8/c1-2-48-30-29-40-37(43)28-26-34(39(46)47)31-36(42)33-24-21-32(22-25-33)23-27-35(41)19-17-15-13-11-9-7-5-3-4-6-8-10-12-14-16-18-20-38(44)45/h32-34H,2-31H2,1H3,(H,40,43)(H,44,45)(H,46,47)/t32?,33?,34-/m1/s1. The second kappa shape index (κ2) is 29.6. The van der Waals surface area contributed by atoms with Crippen molar-refractivity contribution >= 4 is 29.4 Å². The first kappa shape index (κ1) is 43.7. The molecule has 48 heavy (non-hydrogen) atoms. The van der Waals surface area contributed by atoms with Crippen molar-refractivity contribution in [2.24, 2.45) is 17.8 Å². The van der Waals surface area contributed by atoms with Crippen LogP contribution in [0, 0.1) is 17.8 Å². The van der Waals surface area contributed by atoms with Gasteiger partial charge in [0.2, 0.25) is 5.91 Å². The Kier molecular flexibility index (Phi) is 27.0. The number of nitrogens with one attached hydrogen (secondary N) is 1. The molecule has 0 heterocycles. The van der Waals surface area contributed by atoms with Crippen LogP contribution in [0.5, 0.6) is 0 Å². The summed E-state index contributed by atoms with van der Waals surface area (Å²) in [6.07, 6.45) is 25.4. The Morgan fingerprint density at radius 3 is 1.65 bits per heavy atom. The van der Waals surface area contributed by atoms with Crippen LogP contribution in [0.15, 0.2) is 0 Å². The number of hydrogen-bond acceptors (Lipinski definition) is 6. The van der Waals surface area contributed by atoms with Gasteiger partial charge in [0, 0.05) is 51.2 Å². The number of carboxylic acid groups (broad SMARTS) is 2. The number of ketones is 2. The Labute approximate surface area is 291 Å². The van der Waals surface area contributed by atoms with Crippen molar-refractivity contribution in [1.29, 1.82) is 0 Å². The number of hydrogen-bond donors (Lipinski definition) is 3. The van der Waals surface area contributed by atoms with E-state index in [4.69, 9.17) is 9.84 Å². The van der Waals surface area contributed by atoms with Gasteiger partial charge in [0.25, 0.3) is 0 Å². The molecule has 1 rings (SSSR count). The van der Waals surface area contributed by atoms with Crippen molar-refractivity contribution in [1.82, 2.24) is 5.32 Å². The van der Waals surface area contributed by atoms with Gasteiger partial charge in [0.1, 0.15) is 11.6 Å². The highest BCUT2D eigenvalue weighted by Gasteiger charge is 2.30. The van der Waals surface area contributed by atoms with Gasteiger partial charge in [0.15, 0.2) is 0 Å². The Morgan fingerprint density at radius 2 is 1.17 bits per heavy atom. The van der Waals surface area contributed by atoms with Crippen LogP contribution >= 0.6 is 0 Å². The van der Waals surface area contributed by atoms with E-state index >= 15 is 0 Å². The van der Waals surface area contributed by atoms with Crippen molar-refractivity contribution in [3.05, 3.63) is 0 Å². The molecule has 0 aromatic rings. The van der Waals surface area contributed by atoms with Crippen LogP contribution in [-0.2, 0) is 28.7 Å². The fourth-order valence-electron chi connectivity index (χ4n) is 6.86. The molecule has 0 radical (unpaired) electrons. The highest BCUT2D eigenvalue weighted by atomic mass is 16.5. The van der Waals surface area contributed by atoms with E-state index in [0.29, 0.717) is 50.7 Å². The second-order valence-corrected chi connectivity index (χ2v) is 14.1. The van der Waals surface area contributed by atoms with Gasteiger partial charge in [-0.25, -0.2) is 0 Å². The van der Waals surface area contributed by atoms with Crippen molar-refractivity contribution in [2.75, 3.05) is 19.8 Å². The Morgan fingerprint density at radius 1 is 0.667 bits per heavy atom. The number of Topliss-reactive ketones (excluding diaryl/α,β-unsaturated/α-hetero) is 2. The minimum atomic E-state index is -1.02. The van der Waals surface area contributed by atoms with Crippen molar-refractivity contribution < 1.29 is 38.9 Å². The zero-order valence-electron chi connectivity index (χ0n) is 30.3. The van der Waals surface area contributed by atoms with E-state index in [2.05, 4.69) is 5.32 Å². The predicted molar refractivity (Wildman–Crippen MR) is 190 cm³/mol. The quantitative estimate of drug-likeness (QED) is 0.0583. The Balaban J connectivity index is 1.99. The number of unbranched alkanes of at least 4 members (excludes halogenated alkanes) is 15. The van der Waals surface area contributed by atoms with Gasteiger partial charge in [-0.05, 0) is 64.2 Å². The first-order valence-corrected chi connectivity index (χ1v) is 19.6. The van der Waals surface area contributed by atoms with E-state index in [1.54, 1.807) is 0 Å². The number of carboxylic acids is 2. The Bertz CT molecular complexity index is 883. The lowest BCUT2D eigenvalue weighted by atomic mass is 9.76. The molecule has 0 unspecified atom stereocenters. The molecule has 1 atom stereocenters. The monoisotopic (exact) mass is 680 g/mol. The van der Waals surface area contributed by atoms with Crippen LogP contribution in [0.3, 0.4) is 0 Å². The molecule has 1 fully saturated rings. The average Bonchev–Trinajstić information content (AvgIpc) is 3.06. The van der Waals surface area contributed by atoms with Gasteiger partial charge in [-0.15, -0.1) is 0 Å². The lowest BCUT2D eigenvalue weighted by Crippen LogP contribution is -2.30. The molecule has 1 saturated carbocycles. The number of carbonyl (C=O) groups excluding carboxylic acids is 3. The molecule has 1 amide bonds. The first-order chi connectivity index (χ1) is 23.2. The summed E-state index contributed by atoms with van der Waals surface area (Å²) in [7, 11) is 0. The number of aliphatic carboxylic acids is 2. The van der Waals surface area contributed by atoms with Gasteiger partial charge in [-0.2, -0.15) is 0 Å². The number of ether oxygens (including phenoxy) is 1. The molecule has 9 heteroatoms. The molecule has 3 N–H and O–H groups in total. The maximum atomic E-state index is 12.9. The molecule has 0 aliphatic heterocycles. The predicted octanol–water partition coefficient (Wildman–Crippen LogP) is 8.84. The summed E-state index contributed by atoms with van der Waals surface area (Å²) in [5, 5.41) is 21.0. The van der Waals surface area contributed by atoms with Gasteiger partial charge >= 0.3 is 11.9 Å². The van der Waals surface area contributed by atoms with E-state index in [1.807, 2.05) is 6.92 Å². The van der Waals surface area contributed by atoms with E-state index in [-0.39, 0.29) is 36.9 Å². The van der Waals surface area contributed by atoms with Crippen LogP contribution in [0.25, 0.3) is 0 Å². The maximum absolute atomic E-state index is 12.9. The van der Waals surface area contributed by atoms with Crippen LogP contribution in [0.4, 0.5) is 0 Å². The van der Waals surface area contributed by atoms with Crippen molar-refractivity contribution in [2.45, 2.75) is 180 Å². The van der Waals surface area contributed by atoms with Gasteiger partial charge < -0.3 is 20.3 Å². The normalized spacial score (nSPS) is 16.8. The smallest absolute Gasteiger partial charge is 0.306 e. The molecule has 1 aliphatic carbocycles. The van der Waals surface area contributed by atoms with E-state index < -0.39 is 17.9 Å². The molecular weight excluding hydrogens is 610 g/mol. The third-order valence-electron chi connectivity index (χ3n) is 10.0. The second-order valence-electron chi connectivity index (χ2n) is 14.1. The number of carbonyl (C=O) groups is 5. The molecule has 278 valence electrons. The van der Waals surface area contributed by atoms with Crippen molar-refractivity contribution in [3.63, 3.8) is 0 Å². The van der Waals surface area contributed by atoms with Crippen molar-refractivity contribution in [3.8, 4) is 0 Å². The first-order valence-electron chi connectivity index (χ1n) is 19.6. The average molecular weight is 680 g/mol. The number of rotatable bonds is 33. The van der Waals surface area contributed by atoms with Crippen LogP contribution in [-0.4, -0.2) is 59.4 Å². The fraction of sp³-hybridized carbons (Fsp3) is 0.872. The highest BCUT2D eigenvalue weighted by Crippen LogP contribution is 2.34. The van der Waals surface area contributed by atoms with Gasteiger partial charge in [0.05, 0.1) is 12.5 Å². The van der Waals surface area contributed by atoms with E-state index in [9.17, 15) is 29.1 Å². The summed E-state index contributed by atoms with van der Waals surface area (Å²) in [5.74, 6) is -2.04. The molecule has 9 nitrogen and oxygen atoms in total. The van der Waals surface area contributed by atoms with E-state index in [0.717, 1.165) is 64.2 Å². The topological polar surface area (TPSA) is 147 Å². The summed E-state index contributed by atoms with van der Waals surface area (Å²) in [6, 6.07) is 0. The molecule has 0 spiro atoms. The summed E-state index contributed by atoms with van der Waals surface area (Å²) < 4.78 is 5.18. The third kappa shape index (κ3) is 24.8. The molecular formula is C39H69NO8. The summed E-state index contributed by atoms with van der Waals surface area (Å²) in [5.41, 5.74) is 0. The van der Waals surface area contributed by atoms with E-state index in [1.165, 1.54) is 70.6 Å². The summed E-state index contributed by atoms with van der Waals surface area (Å²) >= 11 is 0. The number of amides is 1. The Hall–Kier alpha value is -2.29. The zero-order valence-corrected chi connectivity index (χ0v) is 30.3.